The molecular formula is C27H24FN3O2S. The Kier molecular flexibility index (Phi) is 6.13. The Morgan fingerprint density at radius 2 is 1.65 bits per heavy atom. The summed E-state index contributed by atoms with van der Waals surface area (Å²) >= 11 is 0. The summed E-state index contributed by atoms with van der Waals surface area (Å²) in [6.07, 6.45) is 0.440. The number of pyridine rings is 1. The van der Waals surface area contributed by atoms with Crippen LogP contribution in [0.1, 0.15) is 11.3 Å². The van der Waals surface area contributed by atoms with Gasteiger partial charge in [-0.05, 0) is 35.9 Å². The molecule has 1 atom stereocenters. The predicted octanol–water partition coefficient (Wildman–Crippen LogP) is 4.80. The van der Waals surface area contributed by atoms with Crippen molar-refractivity contribution >= 4 is 15.7 Å². The zero-order valence-electron chi connectivity index (χ0n) is 18.4. The SMILES string of the molecule is O=S(=O)(N[C@@H]1Cc2nc(-c3ccccc3)ccc2N(Cc2ccccc2)C1)c1cccc(F)c1. The lowest BCUT2D eigenvalue weighted by Crippen LogP contribution is -2.48. The van der Waals surface area contributed by atoms with Crippen LogP contribution in [-0.4, -0.2) is 26.0 Å². The highest BCUT2D eigenvalue weighted by molar-refractivity contribution is 7.89. The maximum absolute atomic E-state index is 13.7. The zero-order chi connectivity index (χ0) is 23.5. The van der Waals surface area contributed by atoms with Crippen molar-refractivity contribution in [2.45, 2.75) is 23.9 Å². The lowest BCUT2D eigenvalue weighted by Gasteiger charge is -2.36. The summed E-state index contributed by atoms with van der Waals surface area (Å²) in [5, 5.41) is 0. The minimum Gasteiger partial charge on any atom is -0.364 e. The summed E-state index contributed by atoms with van der Waals surface area (Å²) < 4.78 is 42.5. The van der Waals surface area contributed by atoms with Crippen LogP contribution in [0.5, 0.6) is 0 Å². The molecule has 5 rings (SSSR count). The first-order chi connectivity index (χ1) is 16.5. The van der Waals surface area contributed by atoms with Crippen molar-refractivity contribution in [2.24, 2.45) is 0 Å². The van der Waals surface area contributed by atoms with E-state index in [-0.39, 0.29) is 4.90 Å². The predicted molar refractivity (Wildman–Crippen MR) is 131 cm³/mol. The van der Waals surface area contributed by atoms with Crippen LogP contribution >= 0.6 is 0 Å². The van der Waals surface area contributed by atoms with E-state index >= 15 is 0 Å². The molecular weight excluding hydrogens is 449 g/mol. The summed E-state index contributed by atoms with van der Waals surface area (Å²) in [7, 11) is -3.89. The van der Waals surface area contributed by atoms with Crippen LogP contribution in [-0.2, 0) is 23.0 Å². The van der Waals surface area contributed by atoms with Gasteiger partial charge in [-0.25, -0.2) is 17.5 Å². The number of fused-ring (bicyclic) bond motifs is 1. The van der Waals surface area contributed by atoms with Gasteiger partial charge in [0.25, 0.3) is 0 Å². The van der Waals surface area contributed by atoms with E-state index in [1.807, 2.05) is 66.7 Å². The molecule has 0 unspecified atom stereocenters. The third kappa shape index (κ3) is 4.85. The van der Waals surface area contributed by atoms with Gasteiger partial charge in [0.15, 0.2) is 0 Å². The topological polar surface area (TPSA) is 62.3 Å². The average molecular weight is 474 g/mol. The first-order valence-electron chi connectivity index (χ1n) is 11.1. The molecule has 0 spiro atoms. The quantitative estimate of drug-likeness (QED) is 0.437. The van der Waals surface area contributed by atoms with Gasteiger partial charge in [0, 0.05) is 31.1 Å². The van der Waals surface area contributed by atoms with Crippen LogP contribution in [0.4, 0.5) is 10.1 Å². The Balaban J connectivity index is 1.48. The maximum Gasteiger partial charge on any atom is 0.240 e. The van der Waals surface area contributed by atoms with Gasteiger partial charge in [-0.3, -0.25) is 4.98 Å². The second-order valence-corrected chi connectivity index (χ2v) is 10.1. The number of anilines is 1. The smallest absolute Gasteiger partial charge is 0.240 e. The molecule has 0 bridgehead atoms. The molecule has 0 amide bonds. The number of nitrogens with one attached hydrogen (secondary N) is 1. The van der Waals surface area contributed by atoms with Crippen LogP contribution < -0.4 is 9.62 Å². The molecule has 1 aliphatic rings. The molecule has 3 aromatic carbocycles. The second-order valence-electron chi connectivity index (χ2n) is 8.37. The number of sulfonamides is 1. The first kappa shape index (κ1) is 22.3. The molecule has 0 aliphatic carbocycles. The minimum absolute atomic E-state index is 0.0844. The van der Waals surface area contributed by atoms with Crippen LogP contribution in [0.3, 0.4) is 0 Å². The number of hydrogen-bond donors (Lipinski definition) is 1. The fourth-order valence-electron chi connectivity index (χ4n) is 4.32. The van der Waals surface area contributed by atoms with Crippen molar-refractivity contribution in [1.82, 2.24) is 9.71 Å². The number of aromatic nitrogens is 1. The van der Waals surface area contributed by atoms with Crippen molar-refractivity contribution in [2.75, 3.05) is 11.4 Å². The number of hydrogen-bond acceptors (Lipinski definition) is 4. The van der Waals surface area contributed by atoms with Gasteiger partial charge in [-0.15, -0.1) is 0 Å². The van der Waals surface area contributed by atoms with Gasteiger partial charge in [-0.2, -0.15) is 0 Å². The summed E-state index contributed by atoms with van der Waals surface area (Å²) in [4.78, 5) is 6.97. The third-order valence-electron chi connectivity index (χ3n) is 5.89. The van der Waals surface area contributed by atoms with Gasteiger partial charge >= 0.3 is 0 Å². The lowest BCUT2D eigenvalue weighted by atomic mass is 10.0. The van der Waals surface area contributed by atoms with E-state index in [4.69, 9.17) is 4.98 Å². The Morgan fingerprint density at radius 1 is 0.912 bits per heavy atom. The first-order valence-corrected chi connectivity index (χ1v) is 12.6. The molecule has 0 saturated heterocycles. The molecule has 1 aromatic heterocycles. The van der Waals surface area contributed by atoms with Crippen LogP contribution in [0, 0.1) is 5.82 Å². The normalized spacial score (nSPS) is 15.7. The van der Waals surface area contributed by atoms with E-state index in [9.17, 15) is 12.8 Å². The molecule has 0 radical (unpaired) electrons. The largest absolute Gasteiger partial charge is 0.364 e. The molecule has 4 aromatic rings. The Bertz CT molecular complexity index is 1400. The Morgan fingerprint density at radius 3 is 2.38 bits per heavy atom. The van der Waals surface area contributed by atoms with Gasteiger partial charge in [0.05, 0.1) is 22.0 Å². The molecule has 7 heteroatoms. The highest BCUT2D eigenvalue weighted by Crippen LogP contribution is 2.31. The summed E-state index contributed by atoms with van der Waals surface area (Å²) in [5.74, 6) is -0.586. The summed E-state index contributed by atoms with van der Waals surface area (Å²) in [5.41, 5.74) is 4.78. The van der Waals surface area contributed by atoms with Crippen LogP contribution in [0.2, 0.25) is 0 Å². The van der Waals surface area contributed by atoms with Gasteiger partial charge < -0.3 is 4.90 Å². The Hall–Kier alpha value is -3.55. The summed E-state index contributed by atoms with van der Waals surface area (Å²) in [6.45, 7) is 1.10. The Labute approximate surface area is 199 Å². The van der Waals surface area contributed by atoms with Crippen molar-refractivity contribution < 1.29 is 12.8 Å². The molecule has 34 heavy (non-hydrogen) atoms. The standard InChI is InChI=1S/C27H24FN3O2S/c28-22-12-7-13-24(16-22)34(32,33)30-23-17-26-27(31(19-23)18-20-8-3-1-4-9-20)15-14-25(29-26)21-10-5-2-6-11-21/h1-16,23,30H,17-19H2/t23-/m1/s1. The van der Waals surface area contributed by atoms with Crippen molar-refractivity contribution in [3.63, 3.8) is 0 Å². The lowest BCUT2D eigenvalue weighted by molar-refractivity contribution is 0.519. The molecule has 2 heterocycles. The highest BCUT2D eigenvalue weighted by Gasteiger charge is 2.30. The molecule has 0 saturated carbocycles. The zero-order valence-corrected chi connectivity index (χ0v) is 19.2. The number of halogens is 1. The highest BCUT2D eigenvalue weighted by atomic mass is 32.2. The van der Waals surface area contributed by atoms with Gasteiger partial charge in [0.1, 0.15) is 5.82 Å². The number of rotatable bonds is 6. The molecule has 1 aliphatic heterocycles. The van der Waals surface area contributed by atoms with E-state index in [1.54, 1.807) is 0 Å². The molecule has 0 fully saturated rings. The molecule has 172 valence electrons. The number of benzene rings is 3. The summed E-state index contributed by atoms with van der Waals surface area (Å²) in [6, 6.07) is 28.6. The van der Waals surface area contributed by atoms with Gasteiger partial charge in [-0.1, -0.05) is 66.7 Å². The second kappa shape index (κ2) is 9.37. The van der Waals surface area contributed by atoms with Crippen molar-refractivity contribution in [1.29, 1.82) is 0 Å². The van der Waals surface area contributed by atoms with E-state index in [0.717, 1.165) is 34.3 Å². The van der Waals surface area contributed by atoms with E-state index in [1.165, 1.54) is 18.2 Å². The monoisotopic (exact) mass is 473 g/mol. The molecule has 1 N–H and O–H groups in total. The molecule has 5 nitrogen and oxygen atoms in total. The third-order valence-corrected chi connectivity index (χ3v) is 7.40. The van der Waals surface area contributed by atoms with E-state index in [2.05, 4.69) is 15.7 Å². The van der Waals surface area contributed by atoms with Crippen molar-refractivity contribution in [3.05, 3.63) is 114 Å². The van der Waals surface area contributed by atoms with Crippen LogP contribution in [0.25, 0.3) is 11.3 Å². The number of nitrogens with zero attached hydrogens (tertiary/aromatic N) is 2. The fraction of sp³-hybridized carbons (Fsp3) is 0.148. The minimum atomic E-state index is -3.89. The average Bonchev–Trinajstić information content (AvgIpc) is 2.85. The van der Waals surface area contributed by atoms with Gasteiger partial charge in [0.2, 0.25) is 10.0 Å². The van der Waals surface area contributed by atoms with E-state index < -0.39 is 21.9 Å². The van der Waals surface area contributed by atoms with Crippen LogP contribution in [0.15, 0.2) is 102 Å². The fourth-order valence-corrected chi connectivity index (χ4v) is 5.58. The van der Waals surface area contributed by atoms with Crippen molar-refractivity contribution in [3.8, 4) is 11.3 Å². The maximum atomic E-state index is 13.7. The van der Waals surface area contributed by atoms with E-state index in [0.29, 0.717) is 19.5 Å².